The molecule has 1 aliphatic carbocycles. The van der Waals surface area contributed by atoms with Crippen molar-refractivity contribution in [3.8, 4) is 5.75 Å². The van der Waals surface area contributed by atoms with Gasteiger partial charge in [-0.1, -0.05) is 62.1 Å². The number of rotatable bonds is 12. The molecule has 3 aromatic carbocycles. The minimum atomic E-state index is -4.13. The number of anilines is 1. The molecular formula is C35H45N3O5S. The molecule has 0 spiro atoms. The summed E-state index contributed by atoms with van der Waals surface area (Å²) in [6, 6.07) is 18.8. The lowest BCUT2D eigenvalue weighted by atomic mass is 9.95. The third-order valence-corrected chi connectivity index (χ3v) is 9.99. The molecule has 1 saturated carbocycles. The normalized spacial score (nSPS) is 14.5. The number of aryl methyl sites for hydroxylation is 3. The molecule has 2 amide bonds. The van der Waals surface area contributed by atoms with Crippen LogP contribution in [0.15, 0.2) is 71.6 Å². The van der Waals surface area contributed by atoms with Crippen LogP contribution in [-0.2, 0) is 26.2 Å². The first-order valence-electron chi connectivity index (χ1n) is 15.4. The van der Waals surface area contributed by atoms with Gasteiger partial charge in [-0.15, -0.1) is 0 Å². The van der Waals surface area contributed by atoms with Crippen molar-refractivity contribution in [3.63, 3.8) is 0 Å². The Morgan fingerprint density at radius 3 is 2.18 bits per heavy atom. The third-order valence-electron chi connectivity index (χ3n) is 8.21. The van der Waals surface area contributed by atoms with Crippen LogP contribution in [0.4, 0.5) is 5.69 Å². The largest absolute Gasteiger partial charge is 0.497 e. The molecule has 1 unspecified atom stereocenters. The summed E-state index contributed by atoms with van der Waals surface area (Å²) < 4.78 is 34.9. The quantitative estimate of drug-likeness (QED) is 0.266. The lowest BCUT2D eigenvalue weighted by Crippen LogP contribution is -2.54. The van der Waals surface area contributed by atoms with E-state index in [9.17, 15) is 18.0 Å². The van der Waals surface area contributed by atoms with Gasteiger partial charge in [-0.25, -0.2) is 8.42 Å². The van der Waals surface area contributed by atoms with Crippen molar-refractivity contribution in [3.05, 3.63) is 89.0 Å². The summed E-state index contributed by atoms with van der Waals surface area (Å²) in [6.45, 7) is 7.22. The van der Waals surface area contributed by atoms with E-state index in [1.165, 1.54) is 9.21 Å². The maximum atomic E-state index is 14.4. The standard InChI is InChI=1S/C35H45N3O5S/c1-6-33(35(40)36-29-12-8-7-9-13-29)37(23-28-11-10-14-31(22-28)43-5)34(39)24-38(30-20-26(3)19-27(4)21-30)44(41,42)32-17-15-25(2)16-18-32/h10-11,14-22,29,33H,6-9,12-13,23-24H2,1-5H3,(H,36,40). The molecule has 0 bridgehead atoms. The Morgan fingerprint density at radius 1 is 0.909 bits per heavy atom. The van der Waals surface area contributed by atoms with Crippen molar-refractivity contribution < 1.29 is 22.7 Å². The first-order valence-corrected chi connectivity index (χ1v) is 16.9. The minimum Gasteiger partial charge on any atom is -0.497 e. The van der Waals surface area contributed by atoms with Crippen molar-refractivity contribution in [2.75, 3.05) is 18.0 Å². The highest BCUT2D eigenvalue weighted by Crippen LogP contribution is 2.28. The highest BCUT2D eigenvalue weighted by Gasteiger charge is 2.34. The van der Waals surface area contributed by atoms with Crippen LogP contribution in [0.5, 0.6) is 5.75 Å². The predicted molar refractivity (Wildman–Crippen MR) is 174 cm³/mol. The number of ether oxygens (including phenoxy) is 1. The molecule has 1 atom stereocenters. The van der Waals surface area contributed by atoms with Gasteiger partial charge in [0.1, 0.15) is 18.3 Å². The number of benzene rings is 3. The molecule has 0 saturated heterocycles. The summed E-state index contributed by atoms with van der Waals surface area (Å²) in [5, 5.41) is 3.19. The molecule has 8 nitrogen and oxygen atoms in total. The lowest BCUT2D eigenvalue weighted by molar-refractivity contribution is -0.140. The van der Waals surface area contributed by atoms with Crippen molar-refractivity contribution in [1.82, 2.24) is 10.2 Å². The van der Waals surface area contributed by atoms with Crippen molar-refractivity contribution in [2.24, 2.45) is 0 Å². The van der Waals surface area contributed by atoms with Crippen molar-refractivity contribution in [2.45, 2.75) is 89.7 Å². The maximum Gasteiger partial charge on any atom is 0.264 e. The Morgan fingerprint density at radius 2 is 1.57 bits per heavy atom. The van der Waals surface area contributed by atoms with Crippen LogP contribution in [-0.4, -0.2) is 50.9 Å². The van der Waals surface area contributed by atoms with E-state index in [1.54, 1.807) is 43.5 Å². The molecule has 0 radical (unpaired) electrons. The highest BCUT2D eigenvalue weighted by atomic mass is 32.2. The van der Waals surface area contributed by atoms with Gasteiger partial charge in [0.15, 0.2) is 0 Å². The molecule has 3 aromatic rings. The summed E-state index contributed by atoms with van der Waals surface area (Å²) in [6.07, 6.45) is 5.50. The number of hydrogen-bond acceptors (Lipinski definition) is 5. The summed E-state index contributed by atoms with van der Waals surface area (Å²) >= 11 is 0. The fraction of sp³-hybridized carbons (Fsp3) is 0.429. The molecule has 1 fully saturated rings. The summed E-state index contributed by atoms with van der Waals surface area (Å²) in [5.74, 6) is -0.0447. The number of amides is 2. The Kier molecular flexibility index (Phi) is 11.1. The van der Waals surface area contributed by atoms with E-state index in [0.717, 1.165) is 54.4 Å². The molecule has 236 valence electrons. The summed E-state index contributed by atoms with van der Waals surface area (Å²) in [4.78, 5) is 29.7. The van der Waals surface area contributed by atoms with E-state index in [2.05, 4.69) is 5.32 Å². The summed E-state index contributed by atoms with van der Waals surface area (Å²) in [7, 11) is -2.55. The van der Waals surface area contributed by atoms with E-state index in [1.807, 2.05) is 58.0 Å². The molecule has 0 heterocycles. The van der Waals surface area contributed by atoms with Gasteiger partial charge >= 0.3 is 0 Å². The monoisotopic (exact) mass is 619 g/mol. The number of sulfonamides is 1. The Labute approximate surface area is 262 Å². The molecule has 9 heteroatoms. The first-order chi connectivity index (χ1) is 21.0. The minimum absolute atomic E-state index is 0.0766. The number of nitrogens with one attached hydrogen (secondary N) is 1. The van der Waals surface area contributed by atoms with Gasteiger partial charge in [-0.2, -0.15) is 0 Å². The molecule has 44 heavy (non-hydrogen) atoms. The second-order valence-corrected chi connectivity index (χ2v) is 13.7. The van der Waals surface area contributed by atoms with Crippen LogP contribution in [0.2, 0.25) is 0 Å². The second-order valence-electron chi connectivity index (χ2n) is 11.8. The molecular weight excluding hydrogens is 574 g/mol. The van der Waals surface area contributed by atoms with Crippen molar-refractivity contribution >= 4 is 27.5 Å². The van der Waals surface area contributed by atoms with Crippen LogP contribution >= 0.6 is 0 Å². The van der Waals surface area contributed by atoms with Gasteiger partial charge in [0.2, 0.25) is 11.8 Å². The van der Waals surface area contributed by atoms with E-state index in [0.29, 0.717) is 17.9 Å². The molecule has 0 aromatic heterocycles. The zero-order chi connectivity index (χ0) is 31.9. The zero-order valence-corrected chi connectivity index (χ0v) is 27.3. The van der Waals surface area contributed by atoms with Crippen LogP contribution in [0.3, 0.4) is 0 Å². The molecule has 1 aliphatic rings. The van der Waals surface area contributed by atoms with Gasteiger partial charge in [0, 0.05) is 12.6 Å². The van der Waals surface area contributed by atoms with Crippen LogP contribution in [0, 0.1) is 20.8 Å². The van der Waals surface area contributed by atoms with E-state index < -0.39 is 28.5 Å². The van der Waals surface area contributed by atoms with E-state index >= 15 is 0 Å². The van der Waals surface area contributed by atoms with E-state index in [-0.39, 0.29) is 23.4 Å². The number of methoxy groups -OCH3 is 1. The zero-order valence-electron chi connectivity index (χ0n) is 26.5. The average molecular weight is 620 g/mol. The number of hydrogen-bond donors (Lipinski definition) is 1. The second kappa shape index (κ2) is 14.8. The van der Waals surface area contributed by atoms with Crippen LogP contribution in [0.25, 0.3) is 0 Å². The fourth-order valence-electron chi connectivity index (χ4n) is 5.89. The van der Waals surface area contributed by atoms with Gasteiger partial charge < -0.3 is 15.0 Å². The smallest absolute Gasteiger partial charge is 0.264 e. The van der Waals surface area contributed by atoms with E-state index in [4.69, 9.17) is 4.74 Å². The van der Waals surface area contributed by atoms with Crippen molar-refractivity contribution in [1.29, 1.82) is 0 Å². The topological polar surface area (TPSA) is 96.0 Å². The van der Waals surface area contributed by atoms with Gasteiger partial charge in [0.25, 0.3) is 10.0 Å². The van der Waals surface area contributed by atoms with Crippen LogP contribution < -0.4 is 14.4 Å². The van der Waals surface area contributed by atoms with Gasteiger partial charge in [-0.05, 0) is 93.1 Å². The lowest BCUT2D eigenvalue weighted by Gasteiger charge is -2.34. The highest BCUT2D eigenvalue weighted by molar-refractivity contribution is 7.92. The molecule has 0 aliphatic heterocycles. The SMILES string of the molecule is CCC(C(=O)NC1CCCCC1)N(Cc1cccc(OC)c1)C(=O)CN(c1cc(C)cc(C)c1)S(=O)(=O)c1ccc(C)cc1. The van der Waals surface area contributed by atoms with Gasteiger partial charge in [0.05, 0.1) is 17.7 Å². The maximum absolute atomic E-state index is 14.4. The Bertz CT molecular complexity index is 1530. The fourth-order valence-corrected chi connectivity index (χ4v) is 7.29. The number of nitrogens with zero attached hydrogens (tertiary/aromatic N) is 2. The molecule has 1 N–H and O–H groups in total. The number of carbonyl (C=O) groups is 2. The Balaban J connectivity index is 1.74. The van der Waals surface area contributed by atoms with Gasteiger partial charge in [-0.3, -0.25) is 13.9 Å². The van der Waals surface area contributed by atoms with Crippen LogP contribution in [0.1, 0.15) is 67.7 Å². The Hall–Kier alpha value is -3.85. The average Bonchev–Trinajstić information content (AvgIpc) is 3.00. The summed E-state index contributed by atoms with van der Waals surface area (Å²) in [5.41, 5.74) is 3.86. The molecule has 4 rings (SSSR count). The third kappa shape index (κ3) is 8.20. The predicted octanol–water partition coefficient (Wildman–Crippen LogP) is 6.07. The number of carbonyl (C=O) groups excluding carboxylic acids is 2. The first kappa shape index (κ1) is 33.1.